The van der Waals surface area contributed by atoms with Gasteiger partial charge in [-0.25, -0.2) is 4.39 Å². The number of amides is 1. The second kappa shape index (κ2) is 7.60. The molecule has 1 amide bonds. The Morgan fingerprint density at radius 1 is 1.22 bits per heavy atom. The third-order valence-electron chi connectivity index (χ3n) is 4.67. The van der Waals surface area contributed by atoms with Crippen LogP contribution in [0.2, 0.25) is 0 Å². The molecule has 2 aromatic carbocycles. The molecule has 0 spiro atoms. The Bertz CT molecular complexity index is 958. The Morgan fingerprint density at radius 2 is 2.04 bits per heavy atom. The van der Waals surface area contributed by atoms with Crippen molar-refractivity contribution in [3.05, 3.63) is 70.3 Å². The van der Waals surface area contributed by atoms with Gasteiger partial charge in [-0.1, -0.05) is 27.2 Å². The fourth-order valence-corrected chi connectivity index (χ4v) is 3.55. The summed E-state index contributed by atoms with van der Waals surface area (Å²) in [5, 5.41) is 4.08. The Kier molecular flexibility index (Phi) is 5.03. The molecule has 0 aliphatic carbocycles. The molecular formula is C20H17BrFN3O2. The standard InChI is InChI=1S/C20H17BrFN3O2/c21-16-8-6-13(7-9-16)18-23-19(27-24-18)15-4-2-10-25(12-15)20(26)14-3-1-5-17(22)11-14/h1,3,5-9,11,15H,2,4,10,12H2. The molecule has 7 heteroatoms. The molecular weight excluding hydrogens is 413 g/mol. The van der Waals surface area contributed by atoms with Crippen molar-refractivity contribution in [3.63, 3.8) is 0 Å². The number of carbonyl (C=O) groups excluding carboxylic acids is 1. The largest absolute Gasteiger partial charge is 0.339 e. The summed E-state index contributed by atoms with van der Waals surface area (Å²) in [6.07, 6.45) is 1.70. The van der Waals surface area contributed by atoms with Crippen LogP contribution in [0.15, 0.2) is 57.5 Å². The van der Waals surface area contributed by atoms with E-state index in [9.17, 15) is 9.18 Å². The van der Waals surface area contributed by atoms with E-state index >= 15 is 0 Å². The van der Waals surface area contributed by atoms with Gasteiger partial charge in [0.05, 0.1) is 5.92 Å². The van der Waals surface area contributed by atoms with Crippen LogP contribution in [-0.4, -0.2) is 34.0 Å². The van der Waals surface area contributed by atoms with E-state index in [0.717, 1.165) is 22.9 Å². The summed E-state index contributed by atoms with van der Waals surface area (Å²) in [6.45, 7) is 1.12. The highest BCUT2D eigenvalue weighted by atomic mass is 79.9. The van der Waals surface area contributed by atoms with Crippen molar-refractivity contribution in [3.8, 4) is 11.4 Å². The summed E-state index contributed by atoms with van der Waals surface area (Å²) in [7, 11) is 0. The molecule has 0 radical (unpaired) electrons. The molecule has 27 heavy (non-hydrogen) atoms. The van der Waals surface area contributed by atoms with Crippen molar-refractivity contribution >= 4 is 21.8 Å². The number of rotatable bonds is 3. The first-order valence-electron chi connectivity index (χ1n) is 8.74. The summed E-state index contributed by atoms with van der Waals surface area (Å²) in [5.74, 6) is 0.459. The van der Waals surface area contributed by atoms with Crippen LogP contribution < -0.4 is 0 Å². The maximum atomic E-state index is 13.4. The van der Waals surface area contributed by atoms with Gasteiger partial charge in [0.15, 0.2) is 0 Å². The molecule has 3 aromatic rings. The molecule has 1 aliphatic heterocycles. The van der Waals surface area contributed by atoms with Gasteiger partial charge in [-0.15, -0.1) is 0 Å². The van der Waals surface area contributed by atoms with Crippen LogP contribution in [0.5, 0.6) is 0 Å². The van der Waals surface area contributed by atoms with Crippen LogP contribution >= 0.6 is 15.9 Å². The molecule has 1 saturated heterocycles. The first kappa shape index (κ1) is 17.9. The van der Waals surface area contributed by atoms with Crippen molar-refractivity contribution in [2.75, 3.05) is 13.1 Å². The third-order valence-corrected chi connectivity index (χ3v) is 5.20. The molecule has 1 atom stereocenters. The number of hydrogen-bond acceptors (Lipinski definition) is 4. The summed E-state index contributed by atoms with van der Waals surface area (Å²) in [5.41, 5.74) is 1.23. The average Bonchev–Trinajstić information content (AvgIpc) is 3.18. The summed E-state index contributed by atoms with van der Waals surface area (Å²) < 4.78 is 19.9. The summed E-state index contributed by atoms with van der Waals surface area (Å²) in [4.78, 5) is 18.9. The highest BCUT2D eigenvalue weighted by Gasteiger charge is 2.29. The van der Waals surface area contributed by atoms with Gasteiger partial charge in [0.2, 0.25) is 11.7 Å². The SMILES string of the molecule is O=C(c1cccc(F)c1)N1CCCC(c2nc(-c3ccc(Br)cc3)no2)C1. The fraction of sp³-hybridized carbons (Fsp3) is 0.250. The number of piperidine rings is 1. The monoisotopic (exact) mass is 429 g/mol. The van der Waals surface area contributed by atoms with E-state index in [4.69, 9.17) is 4.52 Å². The number of carbonyl (C=O) groups is 1. The molecule has 1 fully saturated rings. The van der Waals surface area contributed by atoms with E-state index in [-0.39, 0.29) is 11.8 Å². The molecule has 0 bridgehead atoms. The molecule has 5 nitrogen and oxygen atoms in total. The minimum absolute atomic E-state index is 0.0204. The van der Waals surface area contributed by atoms with Gasteiger partial charge < -0.3 is 9.42 Å². The summed E-state index contributed by atoms with van der Waals surface area (Å²) in [6, 6.07) is 13.5. The highest BCUT2D eigenvalue weighted by molar-refractivity contribution is 9.10. The Balaban J connectivity index is 1.50. The van der Waals surface area contributed by atoms with Gasteiger partial charge in [0, 0.05) is 28.7 Å². The lowest BCUT2D eigenvalue weighted by molar-refractivity contribution is 0.0695. The number of nitrogens with zero attached hydrogens (tertiary/aromatic N) is 3. The maximum absolute atomic E-state index is 13.4. The first-order valence-corrected chi connectivity index (χ1v) is 9.54. The molecule has 4 rings (SSSR count). The lowest BCUT2D eigenvalue weighted by atomic mass is 9.97. The van der Waals surface area contributed by atoms with Crippen LogP contribution in [-0.2, 0) is 0 Å². The number of aromatic nitrogens is 2. The van der Waals surface area contributed by atoms with Crippen molar-refractivity contribution in [1.82, 2.24) is 15.0 Å². The molecule has 1 unspecified atom stereocenters. The molecule has 138 valence electrons. The number of likely N-dealkylation sites (tertiary alicyclic amines) is 1. The topological polar surface area (TPSA) is 59.2 Å². The van der Waals surface area contributed by atoms with Crippen molar-refractivity contribution in [2.24, 2.45) is 0 Å². The van der Waals surface area contributed by atoms with Gasteiger partial charge in [-0.05, 0) is 55.3 Å². The van der Waals surface area contributed by atoms with Crippen LogP contribution in [0.3, 0.4) is 0 Å². The van der Waals surface area contributed by atoms with Crippen LogP contribution in [0.1, 0.15) is 35.0 Å². The number of benzene rings is 2. The van der Waals surface area contributed by atoms with Crippen molar-refractivity contribution < 1.29 is 13.7 Å². The normalized spacial score (nSPS) is 17.1. The van der Waals surface area contributed by atoms with Crippen LogP contribution in [0.25, 0.3) is 11.4 Å². The predicted molar refractivity (Wildman–Crippen MR) is 102 cm³/mol. The Hall–Kier alpha value is -2.54. The van der Waals surface area contributed by atoms with Gasteiger partial charge >= 0.3 is 0 Å². The molecule has 1 aliphatic rings. The fourth-order valence-electron chi connectivity index (χ4n) is 3.28. The molecule has 0 N–H and O–H groups in total. The third kappa shape index (κ3) is 3.93. The second-order valence-corrected chi connectivity index (χ2v) is 7.48. The van der Waals surface area contributed by atoms with Crippen molar-refractivity contribution in [1.29, 1.82) is 0 Å². The number of halogens is 2. The zero-order valence-electron chi connectivity index (χ0n) is 14.4. The van der Waals surface area contributed by atoms with Crippen LogP contribution in [0.4, 0.5) is 4.39 Å². The van der Waals surface area contributed by atoms with Gasteiger partial charge in [-0.2, -0.15) is 4.98 Å². The van der Waals surface area contributed by atoms with Gasteiger partial charge in [0.1, 0.15) is 5.82 Å². The molecule has 1 aromatic heterocycles. The Morgan fingerprint density at radius 3 is 2.81 bits per heavy atom. The van der Waals surface area contributed by atoms with E-state index < -0.39 is 5.82 Å². The van der Waals surface area contributed by atoms with E-state index in [1.807, 2.05) is 24.3 Å². The zero-order chi connectivity index (χ0) is 18.8. The summed E-state index contributed by atoms with van der Waals surface area (Å²) >= 11 is 3.40. The minimum atomic E-state index is -0.412. The van der Waals surface area contributed by atoms with Gasteiger partial charge in [0.25, 0.3) is 5.91 Å². The lowest BCUT2D eigenvalue weighted by Gasteiger charge is -2.31. The highest BCUT2D eigenvalue weighted by Crippen LogP contribution is 2.28. The predicted octanol–water partition coefficient (Wildman–Crippen LogP) is 4.66. The maximum Gasteiger partial charge on any atom is 0.253 e. The Labute approximate surface area is 164 Å². The smallest absolute Gasteiger partial charge is 0.253 e. The van der Waals surface area contributed by atoms with E-state index in [0.29, 0.717) is 30.4 Å². The van der Waals surface area contributed by atoms with E-state index in [1.54, 1.807) is 17.0 Å². The minimum Gasteiger partial charge on any atom is -0.339 e. The van der Waals surface area contributed by atoms with Crippen molar-refractivity contribution in [2.45, 2.75) is 18.8 Å². The molecule has 2 heterocycles. The zero-order valence-corrected chi connectivity index (χ0v) is 16.0. The van der Waals surface area contributed by atoms with Gasteiger partial charge in [-0.3, -0.25) is 4.79 Å². The quantitative estimate of drug-likeness (QED) is 0.607. The van der Waals surface area contributed by atoms with E-state index in [1.165, 1.54) is 12.1 Å². The van der Waals surface area contributed by atoms with Crippen LogP contribution in [0, 0.1) is 5.82 Å². The average molecular weight is 430 g/mol. The second-order valence-electron chi connectivity index (χ2n) is 6.56. The number of hydrogen-bond donors (Lipinski definition) is 0. The lowest BCUT2D eigenvalue weighted by Crippen LogP contribution is -2.39. The first-order chi connectivity index (χ1) is 13.1. The van der Waals surface area contributed by atoms with E-state index in [2.05, 4.69) is 26.1 Å². The molecule has 0 saturated carbocycles.